The summed E-state index contributed by atoms with van der Waals surface area (Å²) in [4.78, 5) is 0. The van der Waals surface area contributed by atoms with E-state index in [0.717, 1.165) is 0 Å². The average molecular weight is 134 g/mol. The molecule has 0 nitrogen and oxygen atoms in total. The summed E-state index contributed by atoms with van der Waals surface area (Å²) >= 11 is 4.23. The van der Waals surface area contributed by atoms with Crippen molar-refractivity contribution in [2.24, 2.45) is 0 Å². The zero-order chi connectivity index (χ0) is 5.54. The van der Waals surface area contributed by atoms with Crippen LogP contribution < -0.4 is 0 Å². The molecule has 0 heterocycles. The molecule has 0 aliphatic rings. The fraction of sp³-hybridized carbons (Fsp3) is 1.00. The van der Waals surface area contributed by atoms with E-state index in [2.05, 4.69) is 19.0 Å². The normalized spacial score (nSPS) is 11.1. The molecule has 0 N–H and O–H groups in total. The van der Waals surface area contributed by atoms with Gasteiger partial charge < -0.3 is 0 Å². The third-order valence-electron chi connectivity index (χ3n) is 1.01. The van der Waals surface area contributed by atoms with Crippen LogP contribution in [0.4, 0.5) is 0 Å². The van der Waals surface area contributed by atoms with Gasteiger partial charge in [-0.25, -0.2) is 12.1 Å². The average Bonchev–Trinajstić information content (AvgIpc) is 1.69. The summed E-state index contributed by atoms with van der Waals surface area (Å²) < 4.78 is 0. The lowest BCUT2D eigenvalue weighted by Gasteiger charge is -1.89. The summed E-state index contributed by atoms with van der Waals surface area (Å²) in [6.07, 6.45) is 4.18. The van der Waals surface area contributed by atoms with Gasteiger partial charge in [0.15, 0.2) is 0 Å². The van der Waals surface area contributed by atoms with E-state index in [4.69, 9.17) is 0 Å². The van der Waals surface area contributed by atoms with Crippen LogP contribution in [0.1, 0.15) is 26.2 Å². The second-order valence-electron chi connectivity index (χ2n) is 1.78. The molecule has 0 aliphatic carbocycles. The molecule has 0 rings (SSSR count). The molecule has 0 fully saturated rings. The van der Waals surface area contributed by atoms with Crippen LogP contribution in [0.2, 0.25) is 6.04 Å². The number of hydrogen-bond acceptors (Lipinski definition) is 1. The van der Waals surface area contributed by atoms with Gasteiger partial charge in [-0.3, -0.25) is 0 Å². The van der Waals surface area contributed by atoms with Gasteiger partial charge in [-0.05, 0) is 0 Å². The van der Waals surface area contributed by atoms with Gasteiger partial charge in [-0.1, -0.05) is 32.2 Å². The van der Waals surface area contributed by atoms with E-state index in [1.54, 1.807) is 0 Å². The monoisotopic (exact) mass is 134 g/mol. The first kappa shape index (κ1) is 7.57. The van der Waals surface area contributed by atoms with Crippen LogP contribution in [-0.2, 0) is 0 Å². The molecule has 0 amide bonds. The quantitative estimate of drug-likeness (QED) is 0.337. The lowest BCUT2D eigenvalue weighted by atomic mass is 10.3. The molecule has 7 heavy (non-hydrogen) atoms. The summed E-state index contributed by atoms with van der Waals surface area (Å²) in [6.45, 7) is 2.24. The molecule has 0 atom stereocenters. The molecule has 0 bridgehead atoms. The summed E-state index contributed by atoms with van der Waals surface area (Å²) in [6, 6.07) is 1.43. The summed E-state index contributed by atoms with van der Waals surface area (Å²) in [5, 5.41) is 0. The third kappa shape index (κ3) is 6.57. The lowest BCUT2D eigenvalue weighted by molar-refractivity contribution is 0.770. The van der Waals surface area contributed by atoms with Crippen molar-refractivity contribution in [2.45, 2.75) is 32.2 Å². The Morgan fingerprint density at radius 2 is 2.14 bits per heavy atom. The summed E-state index contributed by atoms with van der Waals surface area (Å²) in [7, 11) is 0.0881. The number of rotatable bonds is 4. The van der Waals surface area contributed by atoms with Gasteiger partial charge in [0.1, 0.15) is 0 Å². The van der Waals surface area contributed by atoms with Crippen LogP contribution in [0.3, 0.4) is 0 Å². The van der Waals surface area contributed by atoms with E-state index in [0.29, 0.717) is 0 Å². The van der Waals surface area contributed by atoms with Crippen molar-refractivity contribution in [3.05, 3.63) is 0 Å². The minimum atomic E-state index is 0.0881. The highest BCUT2D eigenvalue weighted by molar-refractivity contribution is 8.06. The van der Waals surface area contributed by atoms with Crippen molar-refractivity contribution in [1.82, 2.24) is 0 Å². The van der Waals surface area contributed by atoms with Crippen LogP contribution in [0.15, 0.2) is 0 Å². The van der Waals surface area contributed by atoms with Gasteiger partial charge in [0, 0.05) is 0 Å². The predicted molar refractivity (Wildman–Crippen MR) is 41.9 cm³/mol. The molecule has 0 aliphatic heterocycles. The minimum absolute atomic E-state index is 0.0881. The van der Waals surface area contributed by atoms with Crippen molar-refractivity contribution in [3.63, 3.8) is 0 Å². The summed E-state index contributed by atoms with van der Waals surface area (Å²) in [5.41, 5.74) is 0. The first-order chi connectivity index (χ1) is 3.41. The highest BCUT2D eigenvalue weighted by Crippen LogP contribution is 1.98. The Hall–Kier alpha value is 0.567. The third-order valence-corrected chi connectivity index (χ3v) is 2.78. The van der Waals surface area contributed by atoms with E-state index in [1.807, 2.05) is 0 Å². The molecule has 2 heteroatoms. The smallest absolute Gasteiger partial charge is 0.0813 e. The van der Waals surface area contributed by atoms with E-state index < -0.39 is 0 Å². The van der Waals surface area contributed by atoms with Gasteiger partial charge in [-0.2, -0.15) is 0 Å². The number of hydrogen-bond donors (Lipinski definition) is 1. The fourth-order valence-electron chi connectivity index (χ4n) is 0.539. The first-order valence-electron chi connectivity index (χ1n) is 3.02. The molecule has 44 valence electrons. The van der Waals surface area contributed by atoms with Crippen LogP contribution in [0, 0.1) is 0 Å². The number of unbranched alkanes of at least 4 members (excludes halogenated alkanes) is 2. The summed E-state index contributed by atoms with van der Waals surface area (Å²) in [5.74, 6) is 0. The Morgan fingerprint density at radius 3 is 2.57 bits per heavy atom. The van der Waals surface area contributed by atoms with Crippen LogP contribution >= 0.6 is 12.1 Å². The molecular formula is C5H14SSi. The first-order valence-corrected chi connectivity index (χ1v) is 6.55. The Kier molecular flexibility index (Phi) is 7.10. The standard InChI is InChI=1S/C5H14SSi/c1-2-3-4-5-7-6/h6H,2-5,7H2,1H3. The highest BCUT2D eigenvalue weighted by atomic mass is 32.3. The van der Waals surface area contributed by atoms with Gasteiger partial charge in [0.05, 0.1) is 8.67 Å². The van der Waals surface area contributed by atoms with Crippen molar-refractivity contribution >= 4 is 20.7 Å². The second kappa shape index (κ2) is 6.57. The molecule has 0 unspecified atom stereocenters. The maximum atomic E-state index is 4.23. The van der Waals surface area contributed by atoms with Crippen molar-refractivity contribution in [1.29, 1.82) is 0 Å². The second-order valence-corrected chi connectivity index (χ2v) is 4.28. The zero-order valence-corrected chi connectivity index (χ0v) is 7.29. The van der Waals surface area contributed by atoms with Crippen molar-refractivity contribution in [3.8, 4) is 0 Å². The maximum absolute atomic E-state index is 4.23. The number of thiol groups is 1. The predicted octanol–water partition coefficient (Wildman–Crippen LogP) is 1.61. The molecule has 0 spiro atoms. The lowest BCUT2D eigenvalue weighted by Crippen LogP contribution is -1.76. The largest absolute Gasteiger partial charge is 0.210 e. The Labute approximate surface area is 53.6 Å². The van der Waals surface area contributed by atoms with Gasteiger partial charge in [0.2, 0.25) is 0 Å². The van der Waals surface area contributed by atoms with Gasteiger partial charge in [-0.15, -0.1) is 0 Å². The van der Waals surface area contributed by atoms with Crippen molar-refractivity contribution in [2.75, 3.05) is 0 Å². The van der Waals surface area contributed by atoms with E-state index >= 15 is 0 Å². The Bertz CT molecular complexity index is 27.3. The van der Waals surface area contributed by atoms with E-state index in [9.17, 15) is 0 Å². The van der Waals surface area contributed by atoms with Gasteiger partial charge >= 0.3 is 0 Å². The fourth-order valence-corrected chi connectivity index (χ4v) is 1.79. The van der Waals surface area contributed by atoms with Crippen molar-refractivity contribution < 1.29 is 0 Å². The van der Waals surface area contributed by atoms with E-state index in [-0.39, 0.29) is 8.67 Å². The topological polar surface area (TPSA) is 0 Å². The SMILES string of the molecule is CCCCC[SiH2]S. The van der Waals surface area contributed by atoms with Crippen LogP contribution in [-0.4, -0.2) is 8.67 Å². The Morgan fingerprint density at radius 1 is 1.43 bits per heavy atom. The maximum Gasteiger partial charge on any atom is 0.0813 e. The van der Waals surface area contributed by atoms with Crippen LogP contribution in [0.5, 0.6) is 0 Å². The molecular weight excluding hydrogens is 120 g/mol. The molecule has 0 saturated carbocycles. The molecule has 0 aromatic carbocycles. The van der Waals surface area contributed by atoms with E-state index in [1.165, 1.54) is 25.3 Å². The highest BCUT2D eigenvalue weighted by Gasteiger charge is 1.81. The molecule has 0 radical (unpaired) electrons. The van der Waals surface area contributed by atoms with Crippen LogP contribution in [0.25, 0.3) is 0 Å². The zero-order valence-electron chi connectivity index (χ0n) is 4.98. The molecule has 0 saturated heterocycles. The Balaban J connectivity index is 2.45. The molecule has 0 aromatic heterocycles. The molecule has 0 aromatic rings. The van der Waals surface area contributed by atoms with Gasteiger partial charge in [0.25, 0.3) is 0 Å². The minimum Gasteiger partial charge on any atom is -0.210 e.